The van der Waals surface area contributed by atoms with Gasteiger partial charge in [0.25, 0.3) is 0 Å². The third kappa shape index (κ3) is 4.40. The Kier molecular flexibility index (Phi) is 5.62. The Bertz CT molecular complexity index is 336. The third-order valence-corrected chi connectivity index (χ3v) is 3.28. The summed E-state index contributed by atoms with van der Waals surface area (Å²) in [6, 6.07) is 0. The molecule has 1 heterocycles. The van der Waals surface area contributed by atoms with Crippen LogP contribution in [-0.2, 0) is 0 Å². The fourth-order valence-electron chi connectivity index (χ4n) is 1.05. The molecule has 2 N–H and O–H groups in total. The summed E-state index contributed by atoms with van der Waals surface area (Å²) in [6.07, 6.45) is 3.16. The monoisotopic (exact) mass is 261 g/mol. The van der Waals surface area contributed by atoms with Gasteiger partial charge >= 0.3 is 0 Å². The van der Waals surface area contributed by atoms with Crippen LogP contribution < -0.4 is 10.6 Å². The molecule has 0 radical (unpaired) electrons. The number of thioether (sulfide) groups is 1. The predicted octanol–water partition coefficient (Wildman–Crippen LogP) is 2.12. The summed E-state index contributed by atoms with van der Waals surface area (Å²) in [4.78, 5) is 12.0. The number of nitrogens with one attached hydrogen (secondary N) is 2. The van der Waals surface area contributed by atoms with Crippen LogP contribution in [0.1, 0.15) is 13.3 Å². The smallest absolute Gasteiger partial charge is 0.228 e. The third-order valence-electron chi connectivity index (χ3n) is 2.07. The minimum absolute atomic E-state index is 0.194. The summed E-state index contributed by atoms with van der Waals surface area (Å²) < 4.78 is 0. The van der Waals surface area contributed by atoms with Crippen LogP contribution >= 0.6 is 23.4 Å². The van der Waals surface area contributed by atoms with Crippen LogP contribution in [0.3, 0.4) is 0 Å². The number of rotatable bonds is 6. The highest BCUT2D eigenvalue weighted by Gasteiger charge is 2.04. The molecular weight excluding hydrogens is 246 g/mol. The van der Waals surface area contributed by atoms with E-state index in [1.807, 2.05) is 11.8 Å². The lowest BCUT2D eigenvalue weighted by Crippen LogP contribution is -2.11. The topological polar surface area (TPSA) is 62.7 Å². The molecule has 1 aromatic heterocycles. The maximum absolute atomic E-state index is 5.75. The summed E-state index contributed by atoms with van der Waals surface area (Å²) in [5.74, 6) is 0.984. The van der Waals surface area contributed by atoms with Crippen molar-refractivity contribution in [2.24, 2.45) is 0 Å². The lowest BCUT2D eigenvalue weighted by Gasteiger charge is -2.09. The second kappa shape index (κ2) is 6.75. The second-order valence-corrected chi connectivity index (χ2v) is 4.88. The number of anilines is 2. The van der Waals surface area contributed by atoms with Gasteiger partial charge in [0.05, 0.1) is 0 Å². The number of hydrogen-bond acceptors (Lipinski definition) is 6. The van der Waals surface area contributed by atoms with Gasteiger partial charge in [-0.2, -0.15) is 26.7 Å². The lowest BCUT2D eigenvalue weighted by molar-refractivity contribution is 0.842. The molecule has 0 fully saturated rings. The van der Waals surface area contributed by atoms with Crippen LogP contribution in [0, 0.1) is 0 Å². The summed E-state index contributed by atoms with van der Waals surface area (Å²) in [5.41, 5.74) is 0. The van der Waals surface area contributed by atoms with Crippen molar-refractivity contribution in [3.63, 3.8) is 0 Å². The molecule has 0 spiro atoms. The fourth-order valence-corrected chi connectivity index (χ4v) is 1.56. The second-order valence-electron chi connectivity index (χ2n) is 3.26. The van der Waals surface area contributed by atoms with Gasteiger partial charge in [0.15, 0.2) is 0 Å². The highest BCUT2D eigenvalue weighted by molar-refractivity contribution is 7.99. The van der Waals surface area contributed by atoms with E-state index in [9.17, 15) is 0 Å². The largest absolute Gasteiger partial charge is 0.357 e. The lowest BCUT2D eigenvalue weighted by atomic mass is 10.3. The van der Waals surface area contributed by atoms with E-state index in [0.29, 0.717) is 17.1 Å². The van der Waals surface area contributed by atoms with Crippen molar-refractivity contribution >= 4 is 35.3 Å². The molecule has 0 saturated carbocycles. The van der Waals surface area contributed by atoms with E-state index in [1.54, 1.807) is 7.05 Å². The van der Waals surface area contributed by atoms with Gasteiger partial charge in [-0.15, -0.1) is 0 Å². The zero-order valence-electron chi connectivity index (χ0n) is 9.62. The van der Waals surface area contributed by atoms with E-state index >= 15 is 0 Å². The van der Waals surface area contributed by atoms with E-state index in [4.69, 9.17) is 11.6 Å². The molecule has 1 rings (SSSR count). The molecule has 0 aliphatic rings. The first kappa shape index (κ1) is 13.3. The molecule has 0 amide bonds. The zero-order valence-corrected chi connectivity index (χ0v) is 11.2. The Morgan fingerprint density at radius 1 is 1.31 bits per heavy atom. The molecule has 16 heavy (non-hydrogen) atoms. The summed E-state index contributed by atoms with van der Waals surface area (Å²) >= 11 is 7.59. The van der Waals surface area contributed by atoms with Crippen LogP contribution in [0.2, 0.25) is 5.28 Å². The van der Waals surface area contributed by atoms with Crippen molar-refractivity contribution in [3.05, 3.63) is 5.28 Å². The van der Waals surface area contributed by atoms with Crippen LogP contribution in [0.25, 0.3) is 0 Å². The highest BCUT2D eigenvalue weighted by atomic mass is 35.5. The van der Waals surface area contributed by atoms with Gasteiger partial charge in [-0.3, -0.25) is 0 Å². The quantitative estimate of drug-likeness (QED) is 0.818. The average Bonchev–Trinajstić information content (AvgIpc) is 2.28. The van der Waals surface area contributed by atoms with Crippen molar-refractivity contribution in [1.29, 1.82) is 0 Å². The van der Waals surface area contributed by atoms with E-state index in [1.165, 1.54) is 0 Å². The number of halogens is 1. The maximum Gasteiger partial charge on any atom is 0.228 e. The molecule has 0 bridgehead atoms. The number of nitrogens with zero attached hydrogens (tertiary/aromatic N) is 3. The molecule has 1 aromatic rings. The first-order valence-corrected chi connectivity index (χ1v) is 6.68. The molecule has 90 valence electrons. The van der Waals surface area contributed by atoms with Gasteiger partial charge in [-0.25, -0.2) is 0 Å². The van der Waals surface area contributed by atoms with Gasteiger partial charge < -0.3 is 10.6 Å². The summed E-state index contributed by atoms with van der Waals surface area (Å²) in [6.45, 7) is 3.01. The molecule has 0 aliphatic heterocycles. The number of aromatic nitrogens is 3. The first-order valence-electron chi connectivity index (χ1n) is 5.01. The van der Waals surface area contributed by atoms with Crippen molar-refractivity contribution in [1.82, 2.24) is 15.0 Å². The van der Waals surface area contributed by atoms with E-state index < -0.39 is 0 Å². The minimum atomic E-state index is 0.194. The highest BCUT2D eigenvalue weighted by Crippen LogP contribution is 2.11. The normalized spacial score (nSPS) is 12.2. The van der Waals surface area contributed by atoms with Crippen molar-refractivity contribution < 1.29 is 0 Å². The van der Waals surface area contributed by atoms with Crippen molar-refractivity contribution in [2.45, 2.75) is 18.6 Å². The minimum Gasteiger partial charge on any atom is -0.357 e. The SMILES string of the molecule is CNc1nc(Cl)nc(NCCC(C)SC)n1. The Balaban J connectivity index is 2.50. The van der Waals surface area contributed by atoms with Crippen LogP contribution in [0.5, 0.6) is 0 Å². The van der Waals surface area contributed by atoms with Crippen molar-refractivity contribution in [2.75, 3.05) is 30.5 Å². The molecule has 0 saturated heterocycles. The van der Waals surface area contributed by atoms with E-state index in [2.05, 4.69) is 38.8 Å². The maximum atomic E-state index is 5.75. The number of hydrogen-bond donors (Lipinski definition) is 2. The molecular formula is C9H16ClN5S. The molecule has 0 aromatic carbocycles. The Morgan fingerprint density at radius 3 is 2.62 bits per heavy atom. The van der Waals surface area contributed by atoms with E-state index in [-0.39, 0.29) is 5.28 Å². The molecule has 1 atom stereocenters. The van der Waals surface area contributed by atoms with Crippen LogP contribution in [0.15, 0.2) is 0 Å². The van der Waals surface area contributed by atoms with Gasteiger partial charge in [0.1, 0.15) is 0 Å². The predicted molar refractivity (Wildman–Crippen MR) is 70.5 cm³/mol. The summed E-state index contributed by atoms with van der Waals surface area (Å²) in [5, 5.41) is 6.77. The van der Waals surface area contributed by atoms with Gasteiger partial charge in [-0.1, -0.05) is 6.92 Å². The molecule has 7 heteroatoms. The van der Waals surface area contributed by atoms with Gasteiger partial charge in [0.2, 0.25) is 17.2 Å². The van der Waals surface area contributed by atoms with E-state index in [0.717, 1.165) is 13.0 Å². The summed E-state index contributed by atoms with van der Waals surface area (Å²) in [7, 11) is 1.74. The standard InChI is InChI=1S/C9H16ClN5S/c1-6(16-3)4-5-12-9-14-7(10)13-8(11-2)15-9/h6H,4-5H2,1-3H3,(H2,11,12,13,14,15). The van der Waals surface area contributed by atoms with Crippen LogP contribution in [-0.4, -0.2) is 40.1 Å². The van der Waals surface area contributed by atoms with Crippen LogP contribution in [0.4, 0.5) is 11.9 Å². The van der Waals surface area contributed by atoms with Crippen molar-refractivity contribution in [3.8, 4) is 0 Å². The first-order chi connectivity index (χ1) is 7.65. The average molecular weight is 262 g/mol. The fraction of sp³-hybridized carbons (Fsp3) is 0.667. The van der Waals surface area contributed by atoms with Gasteiger partial charge in [0, 0.05) is 18.8 Å². The Hall–Kier alpha value is -0.750. The molecule has 5 nitrogen and oxygen atoms in total. The zero-order chi connectivity index (χ0) is 12.0. The Labute approximate surface area is 105 Å². The Morgan fingerprint density at radius 2 is 2.00 bits per heavy atom. The van der Waals surface area contributed by atoms with Gasteiger partial charge in [-0.05, 0) is 24.3 Å². The molecule has 1 unspecified atom stereocenters. The molecule has 0 aliphatic carbocycles.